The number of benzene rings is 2. The number of nitrogens with zero attached hydrogens (tertiary/aromatic N) is 3. The van der Waals surface area contributed by atoms with Crippen molar-refractivity contribution >= 4 is 21.2 Å². The Morgan fingerprint density at radius 2 is 1.78 bits per heavy atom. The Morgan fingerprint density at radius 1 is 1.03 bits per heavy atom. The van der Waals surface area contributed by atoms with Gasteiger partial charge in [-0.05, 0) is 61.7 Å². The normalized spacial score (nSPS) is 11.8. The number of hydrogen-bond acceptors (Lipinski definition) is 5. The molecule has 7 nitrogen and oxygen atoms in total. The van der Waals surface area contributed by atoms with Gasteiger partial charge in [0.15, 0.2) is 5.65 Å². The highest BCUT2D eigenvalue weighted by atomic mass is 32.2. The van der Waals surface area contributed by atoms with E-state index in [1.807, 2.05) is 73.9 Å². The second kappa shape index (κ2) is 8.72. The third-order valence-electron chi connectivity index (χ3n) is 5.35. The van der Waals surface area contributed by atoms with Crippen LogP contribution in [-0.2, 0) is 23.1 Å². The Balaban J connectivity index is 1.68. The number of nitrogens with one attached hydrogen (secondary N) is 1. The van der Waals surface area contributed by atoms with E-state index in [1.165, 1.54) is 0 Å². The van der Waals surface area contributed by atoms with Gasteiger partial charge >= 0.3 is 0 Å². The van der Waals surface area contributed by atoms with Crippen LogP contribution in [-0.4, -0.2) is 30.1 Å². The molecule has 0 fully saturated rings. The molecule has 0 aliphatic rings. The van der Waals surface area contributed by atoms with Crippen molar-refractivity contribution in [3.63, 3.8) is 0 Å². The zero-order valence-corrected chi connectivity index (χ0v) is 19.4. The third-order valence-corrected chi connectivity index (χ3v) is 7.06. The fraction of sp³-hybridized carbons (Fsp3) is 0.250. The maximum Gasteiger partial charge on any atom is 0.241 e. The molecule has 0 saturated heterocycles. The molecule has 2 heterocycles. The first-order chi connectivity index (χ1) is 15.3. The topological polar surface area (TPSA) is 86.1 Å². The van der Waals surface area contributed by atoms with Crippen LogP contribution >= 0.6 is 0 Å². The fourth-order valence-electron chi connectivity index (χ4n) is 4.08. The summed E-state index contributed by atoms with van der Waals surface area (Å²) in [5, 5.41) is 0. The summed E-state index contributed by atoms with van der Waals surface area (Å²) >= 11 is 0. The minimum atomic E-state index is -3.72. The van der Waals surface area contributed by atoms with E-state index in [-0.39, 0.29) is 6.54 Å². The van der Waals surface area contributed by atoms with E-state index in [1.54, 1.807) is 13.3 Å². The van der Waals surface area contributed by atoms with Gasteiger partial charge < -0.3 is 9.30 Å². The summed E-state index contributed by atoms with van der Waals surface area (Å²) in [4.78, 5) is 9.44. The molecule has 0 atom stereocenters. The lowest BCUT2D eigenvalue weighted by atomic mass is 10.1. The van der Waals surface area contributed by atoms with E-state index < -0.39 is 10.0 Å². The summed E-state index contributed by atoms with van der Waals surface area (Å²) in [5.41, 5.74) is 4.90. The number of aromatic nitrogens is 3. The fourth-order valence-corrected chi connectivity index (χ4v) is 5.51. The van der Waals surface area contributed by atoms with Crippen LogP contribution in [0.15, 0.2) is 59.6 Å². The molecule has 0 bridgehead atoms. The molecule has 4 aromatic rings. The van der Waals surface area contributed by atoms with E-state index in [9.17, 15) is 8.42 Å². The zero-order chi connectivity index (χ0) is 22.9. The van der Waals surface area contributed by atoms with Crippen molar-refractivity contribution in [3.05, 3.63) is 82.8 Å². The first-order valence-electron chi connectivity index (χ1n) is 10.3. The van der Waals surface area contributed by atoms with Gasteiger partial charge in [-0.2, -0.15) is 0 Å². The molecule has 166 valence electrons. The summed E-state index contributed by atoms with van der Waals surface area (Å²) < 4.78 is 36.3. The molecule has 2 aromatic heterocycles. The Morgan fingerprint density at radius 3 is 2.50 bits per heavy atom. The van der Waals surface area contributed by atoms with Crippen LogP contribution in [0.2, 0.25) is 0 Å². The molecule has 2 aromatic carbocycles. The third kappa shape index (κ3) is 4.37. The largest absolute Gasteiger partial charge is 0.497 e. The predicted octanol–water partition coefficient (Wildman–Crippen LogP) is 3.89. The lowest BCUT2D eigenvalue weighted by Crippen LogP contribution is -2.26. The van der Waals surface area contributed by atoms with Gasteiger partial charge in [0.2, 0.25) is 10.0 Å². The minimum absolute atomic E-state index is 0.0510. The maximum atomic E-state index is 13.1. The lowest BCUT2D eigenvalue weighted by molar-refractivity contribution is 0.414. The monoisotopic (exact) mass is 450 g/mol. The number of hydrogen-bond donors (Lipinski definition) is 1. The molecule has 8 heteroatoms. The van der Waals surface area contributed by atoms with Crippen LogP contribution in [0.25, 0.3) is 11.2 Å². The van der Waals surface area contributed by atoms with Gasteiger partial charge in [-0.25, -0.2) is 23.1 Å². The van der Waals surface area contributed by atoms with E-state index in [2.05, 4.69) is 14.7 Å². The second-order valence-electron chi connectivity index (χ2n) is 7.86. The molecule has 32 heavy (non-hydrogen) atoms. The molecule has 1 N–H and O–H groups in total. The average molecular weight is 451 g/mol. The molecule has 0 amide bonds. The number of sulfonamides is 1. The summed E-state index contributed by atoms with van der Waals surface area (Å²) in [6.07, 6.45) is 1.71. The number of ether oxygens (including phenoxy) is 1. The van der Waals surface area contributed by atoms with Crippen molar-refractivity contribution in [2.24, 2.45) is 0 Å². The zero-order valence-electron chi connectivity index (χ0n) is 18.6. The first kappa shape index (κ1) is 22.0. The molecule has 0 saturated carbocycles. The second-order valence-corrected chi connectivity index (χ2v) is 9.57. The van der Waals surface area contributed by atoms with E-state index in [0.29, 0.717) is 28.4 Å². The van der Waals surface area contributed by atoms with Crippen molar-refractivity contribution in [2.75, 3.05) is 7.11 Å². The van der Waals surface area contributed by atoms with Gasteiger partial charge in [0.1, 0.15) is 17.1 Å². The summed E-state index contributed by atoms with van der Waals surface area (Å²) in [6.45, 7) is 6.13. The Labute approximate surface area is 188 Å². The average Bonchev–Trinajstić information content (AvgIpc) is 3.09. The molecule has 0 aliphatic carbocycles. The number of imidazole rings is 1. The smallest absolute Gasteiger partial charge is 0.241 e. The van der Waals surface area contributed by atoms with Crippen LogP contribution in [0.5, 0.6) is 5.75 Å². The molecular weight excluding hydrogens is 424 g/mol. The highest BCUT2D eigenvalue weighted by molar-refractivity contribution is 7.89. The van der Waals surface area contributed by atoms with Crippen molar-refractivity contribution in [2.45, 2.75) is 38.8 Å². The summed E-state index contributed by atoms with van der Waals surface area (Å²) in [5.74, 6) is 1.35. The molecule has 4 rings (SSSR count). The van der Waals surface area contributed by atoms with Gasteiger partial charge in [0.25, 0.3) is 0 Å². The van der Waals surface area contributed by atoms with Gasteiger partial charge in [-0.15, -0.1) is 0 Å². The number of rotatable bonds is 7. The van der Waals surface area contributed by atoms with Crippen molar-refractivity contribution in [3.8, 4) is 5.75 Å². The number of aryl methyl sites for hydroxylation is 3. The predicted molar refractivity (Wildman–Crippen MR) is 124 cm³/mol. The van der Waals surface area contributed by atoms with Crippen LogP contribution in [0.3, 0.4) is 0 Å². The summed E-state index contributed by atoms with van der Waals surface area (Å²) in [7, 11) is -2.09. The lowest BCUT2D eigenvalue weighted by Gasteiger charge is -2.14. The molecule has 0 aliphatic heterocycles. The standard InChI is InChI=1S/C24H26N4O3S/c1-16-11-17(2)23(18(3)12-16)32(29,30)26-14-22-27-21-9-6-10-25-24(21)28(22)15-19-7-5-8-20(13-19)31-4/h5-13,26H,14-15H2,1-4H3. The number of pyridine rings is 1. The maximum absolute atomic E-state index is 13.1. The highest BCUT2D eigenvalue weighted by Crippen LogP contribution is 2.23. The molecule has 0 spiro atoms. The minimum Gasteiger partial charge on any atom is -0.497 e. The van der Waals surface area contributed by atoms with Gasteiger partial charge in [0, 0.05) is 6.20 Å². The van der Waals surface area contributed by atoms with Crippen LogP contribution in [0, 0.1) is 20.8 Å². The molecule has 0 radical (unpaired) electrons. The quantitative estimate of drug-likeness (QED) is 0.462. The summed E-state index contributed by atoms with van der Waals surface area (Å²) in [6, 6.07) is 15.2. The molecular formula is C24H26N4O3S. The highest BCUT2D eigenvalue weighted by Gasteiger charge is 2.21. The van der Waals surface area contributed by atoms with E-state index in [0.717, 1.165) is 28.0 Å². The number of fused-ring (bicyclic) bond motifs is 1. The van der Waals surface area contributed by atoms with Crippen LogP contribution in [0.1, 0.15) is 28.1 Å². The van der Waals surface area contributed by atoms with Crippen LogP contribution < -0.4 is 9.46 Å². The van der Waals surface area contributed by atoms with Crippen LogP contribution in [0.4, 0.5) is 0 Å². The SMILES string of the molecule is COc1cccc(Cn2c(CNS(=O)(=O)c3c(C)cc(C)cc3C)nc3cccnc32)c1. The van der Waals surface area contributed by atoms with Gasteiger partial charge in [0.05, 0.1) is 25.1 Å². The first-order valence-corrected chi connectivity index (χ1v) is 11.8. The Hall–Kier alpha value is -3.23. The van der Waals surface area contributed by atoms with E-state index in [4.69, 9.17) is 4.74 Å². The van der Waals surface area contributed by atoms with Crippen molar-refractivity contribution in [1.82, 2.24) is 19.3 Å². The van der Waals surface area contributed by atoms with Crippen molar-refractivity contribution in [1.29, 1.82) is 0 Å². The van der Waals surface area contributed by atoms with Gasteiger partial charge in [-0.3, -0.25) is 0 Å². The molecule has 0 unspecified atom stereocenters. The van der Waals surface area contributed by atoms with Crippen molar-refractivity contribution < 1.29 is 13.2 Å². The van der Waals surface area contributed by atoms with Gasteiger partial charge in [-0.1, -0.05) is 29.8 Å². The Kier molecular flexibility index (Phi) is 5.99. The van der Waals surface area contributed by atoms with E-state index >= 15 is 0 Å². The number of methoxy groups -OCH3 is 1. The Bertz CT molecular complexity index is 1370.